The van der Waals surface area contributed by atoms with Gasteiger partial charge in [0.05, 0.1) is 5.25 Å². The van der Waals surface area contributed by atoms with Gasteiger partial charge in [-0.3, -0.25) is 9.59 Å². The Balaban J connectivity index is 1.76. The van der Waals surface area contributed by atoms with Crippen molar-refractivity contribution in [2.24, 2.45) is 0 Å². The molecule has 0 unspecified atom stereocenters. The molecule has 0 saturated carbocycles. The van der Waals surface area contributed by atoms with Crippen molar-refractivity contribution in [1.82, 2.24) is 10.6 Å². The molecule has 1 saturated heterocycles. The fourth-order valence-electron chi connectivity index (χ4n) is 1.75. The Kier molecular flexibility index (Phi) is 4.64. The quantitative estimate of drug-likeness (QED) is 0.850. The zero-order valence-corrected chi connectivity index (χ0v) is 10.8. The van der Waals surface area contributed by atoms with E-state index in [1.54, 1.807) is 11.8 Å². The van der Waals surface area contributed by atoms with Gasteiger partial charge >= 0.3 is 0 Å². The Morgan fingerprint density at radius 1 is 1.39 bits per heavy atom. The van der Waals surface area contributed by atoms with Gasteiger partial charge in [0.25, 0.3) is 0 Å². The van der Waals surface area contributed by atoms with Crippen LogP contribution in [0.25, 0.3) is 0 Å². The molecule has 2 amide bonds. The summed E-state index contributed by atoms with van der Waals surface area (Å²) in [6.07, 6.45) is 0.253. The molecule has 2 rings (SSSR count). The molecule has 18 heavy (non-hydrogen) atoms. The van der Waals surface area contributed by atoms with E-state index in [0.717, 1.165) is 11.3 Å². The highest BCUT2D eigenvalue weighted by atomic mass is 32.2. The number of hydrogen-bond donors (Lipinski definition) is 2. The SMILES string of the molecule is O=C(C[C@H]1SCCNC1=O)NCc1ccccc1. The standard InChI is InChI=1S/C13H16N2O2S/c16-12(8-11-13(17)14-6-7-18-11)15-9-10-4-2-1-3-5-10/h1-5,11H,6-9H2,(H,14,17)(H,15,16)/t11-/m1/s1. The van der Waals surface area contributed by atoms with E-state index in [1.165, 1.54) is 0 Å². The summed E-state index contributed by atoms with van der Waals surface area (Å²) in [7, 11) is 0. The molecule has 2 N–H and O–H groups in total. The van der Waals surface area contributed by atoms with Crippen molar-refractivity contribution in [2.45, 2.75) is 18.2 Å². The van der Waals surface area contributed by atoms with Gasteiger partial charge < -0.3 is 10.6 Å². The van der Waals surface area contributed by atoms with E-state index in [4.69, 9.17) is 0 Å². The second-order valence-electron chi connectivity index (χ2n) is 4.12. The molecule has 96 valence electrons. The van der Waals surface area contributed by atoms with Gasteiger partial charge in [0.15, 0.2) is 0 Å². The second kappa shape index (κ2) is 6.44. The molecule has 0 spiro atoms. The third-order valence-electron chi connectivity index (χ3n) is 2.72. The molecular weight excluding hydrogens is 248 g/mol. The Labute approximate surface area is 111 Å². The molecule has 0 aliphatic carbocycles. The Morgan fingerprint density at radius 2 is 2.17 bits per heavy atom. The smallest absolute Gasteiger partial charge is 0.233 e. The van der Waals surface area contributed by atoms with Crippen LogP contribution in [0.3, 0.4) is 0 Å². The summed E-state index contributed by atoms with van der Waals surface area (Å²) < 4.78 is 0. The zero-order chi connectivity index (χ0) is 12.8. The molecule has 1 aromatic rings. The first-order valence-electron chi connectivity index (χ1n) is 5.95. The van der Waals surface area contributed by atoms with Gasteiger partial charge in [0, 0.05) is 25.3 Å². The van der Waals surface area contributed by atoms with Crippen molar-refractivity contribution in [2.75, 3.05) is 12.3 Å². The van der Waals surface area contributed by atoms with Crippen molar-refractivity contribution >= 4 is 23.6 Å². The van der Waals surface area contributed by atoms with Crippen LogP contribution in [0, 0.1) is 0 Å². The maximum atomic E-state index is 11.7. The number of carbonyl (C=O) groups is 2. The fourth-order valence-corrected chi connectivity index (χ4v) is 2.76. The van der Waals surface area contributed by atoms with Gasteiger partial charge in [0.1, 0.15) is 0 Å². The van der Waals surface area contributed by atoms with Gasteiger partial charge in [0.2, 0.25) is 11.8 Å². The number of rotatable bonds is 4. The maximum Gasteiger partial charge on any atom is 0.233 e. The fraction of sp³-hybridized carbons (Fsp3) is 0.385. The summed E-state index contributed by atoms with van der Waals surface area (Å²) in [5, 5.41) is 5.36. The number of benzene rings is 1. The predicted octanol–water partition coefficient (Wildman–Crippen LogP) is 0.924. The van der Waals surface area contributed by atoms with Crippen molar-refractivity contribution in [3.05, 3.63) is 35.9 Å². The van der Waals surface area contributed by atoms with Crippen LogP contribution in [0.2, 0.25) is 0 Å². The number of thioether (sulfide) groups is 1. The van der Waals surface area contributed by atoms with Crippen molar-refractivity contribution in [3.63, 3.8) is 0 Å². The van der Waals surface area contributed by atoms with Gasteiger partial charge in [-0.15, -0.1) is 11.8 Å². The average molecular weight is 264 g/mol. The van der Waals surface area contributed by atoms with Crippen LogP contribution in [-0.4, -0.2) is 29.4 Å². The highest BCUT2D eigenvalue weighted by Gasteiger charge is 2.24. The van der Waals surface area contributed by atoms with E-state index >= 15 is 0 Å². The zero-order valence-electron chi connectivity index (χ0n) is 10.0. The van der Waals surface area contributed by atoms with Gasteiger partial charge in [-0.25, -0.2) is 0 Å². The Hall–Kier alpha value is -1.49. The van der Waals surface area contributed by atoms with Crippen molar-refractivity contribution in [3.8, 4) is 0 Å². The topological polar surface area (TPSA) is 58.2 Å². The molecular formula is C13H16N2O2S. The van der Waals surface area contributed by atoms with E-state index in [9.17, 15) is 9.59 Å². The minimum absolute atomic E-state index is 0.0267. The van der Waals surface area contributed by atoms with Crippen molar-refractivity contribution in [1.29, 1.82) is 0 Å². The van der Waals surface area contributed by atoms with Crippen LogP contribution in [0.4, 0.5) is 0 Å². The highest BCUT2D eigenvalue weighted by Crippen LogP contribution is 2.17. The molecule has 1 fully saturated rings. The highest BCUT2D eigenvalue weighted by molar-refractivity contribution is 8.00. The van der Waals surface area contributed by atoms with Gasteiger partial charge in [-0.1, -0.05) is 30.3 Å². The van der Waals surface area contributed by atoms with Crippen molar-refractivity contribution < 1.29 is 9.59 Å². The number of amides is 2. The second-order valence-corrected chi connectivity index (χ2v) is 5.43. The van der Waals surface area contributed by atoms with E-state index in [-0.39, 0.29) is 23.5 Å². The van der Waals surface area contributed by atoms with E-state index < -0.39 is 0 Å². The summed E-state index contributed by atoms with van der Waals surface area (Å²) in [5.74, 6) is 0.775. The van der Waals surface area contributed by atoms with Crippen LogP contribution in [0.5, 0.6) is 0 Å². The van der Waals surface area contributed by atoms with Crippen LogP contribution in [0.15, 0.2) is 30.3 Å². The minimum atomic E-state index is -0.241. The maximum absolute atomic E-state index is 11.7. The first kappa shape index (κ1) is 13.0. The lowest BCUT2D eigenvalue weighted by molar-refractivity contribution is -0.126. The summed E-state index contributed by atoms with van der Waals surface area (Å²) in [6, 6.07) is 9.73. The monoisotopic (exact) mass is 264 g/mol. The third-order valence-corrected chi connectivity index (χ3v) is 3.94. The van der Waals surface area contributed by atoms with Gasteiger partial charge in [-0.05, 0) is 5.56 Å². The molecule has 1 atom stereocenters. The first-order chi connectivity index (χ1) is 8.75. The first-order valence-corrected chi connectivity index (χ1v) is 7.00. The molecule has 0 radical (unpaired) electrons. The molecule has 0 aromatic heterocycles. The number of nitrogens with one attached hydrogen (secondary N) is 2. The van der Waals surface area contributed by atoms with E-state index in [0.29, 0.717) is 13.1 Å². The summed E-state index contributed by atoms with van der Waals surface area (Å²) >= 11 is 1.55. The Morgan fingerprint density at radius 3 is 2.89 bits per heavy atom. The lowest BCUT2D eigenvalue weighted by Crippen LogP contribution is -2.41. The number of hydrogen-bond acceptors (Lipinski definition) is 3. The van der Waals surface area contributed by atoms with Crippen LogP contribution in [-0.2, 0) is 16.1 Å². The summed E-state index contributed by atoms with van der Waals surface area (Å²) in [5.41, 5.74) is 1.06. The average Bonchev–Trinajstić information content (AvgIpc) is 2.40. The molecule has 1 heterocycles. The molecule has 4 nitrogen and oxygen atoms in total. The van der Waals surface area contributed by atoms with Crippen LogP contribution >= 0.6 is 11.8 Å². The molecule has 1 aliphatic rings. The molecule has 5 heteroatoms. The normalized spacial score (nSPS) is 19.1. The lowest BCUT2D eigenvalue weighted by atomic mass is 10.2. The predicted molar refractivity (Wildman–Crippen MR) is 72.2 cm³/mol. The summed E-state index contributed by atoms with van der Waals surface area (Å²) in [4.78, 5) is 23.2. The third kappa shape index (κ3) is 3.77. The number of carbonyl (C=O) groups excluding carboxylic acids is 2. The lowest BCUT2D eigenvalue weighted by Gasteiger charge is -2.20. The van der Waals surface area contributed by atoms with Gasteiger partial charge in [-0.2, -0.15) is 0 Å². The van der Waals surface area contributed by atoms with Crippen LogP contribution in [0.1, 0.15) is 12.0 Å². The largest absolute Gasteiger partial charge is 0.354 e. The van der Waals surface area contributed by atoms with Crippen LogP contribution < -0.4 is 10.6 Å². The van der Waals surface area contributed by atoms with E-state index in [1.807, 2.05) is 30.3 Å². The molecule has 1 aromatic carbocycles. The Bertz CT molecular complexity index is 422. The summed E-state index contributed by atoms with van der Waals surface area (Å²) in [6.45, 7) is 1.21. The molecule has 0 bridgehead atoms. The minimum Gasteiger partial charge on any atom is -0.354 e. The molecule has 1 aliphatic heterocycles. The van der Waals surface area contributed by atoms with E-state index in [2.05, 4.69) is 10.6 Å².